The van der Waals surface area contributed by atoms with E-state index in [1.165, 1.54) is 12.1 Å². The van der Waals surface area contributed by atoms with Gasteiger partial charge >= 0.3 is 0 Å². The van der Waals surface area contributed by atoms with Gasteiger partial charge in [0.1, 0.15) is 11.4 Å². The fraction of sp³-hybridized carbons (Fsp3) is 0.267. The van der Waals surface area contributed by atoms with Gasteiger partial charge in [0.05, 0.1) is 5.39 Å². The van der Waals surface area contributed by atoms with Gasteiger partial charge < -0.3 is 14.1 Å². The molecule has 190 valence electrons. The molecule has 0 N–H and O–H groups in total. The summed E-state index contributed by atoms with van der Waals surface area (Å²) < 4.78 is 25.3. The van der Waals surface area contributed by atoms with E-state index in [9.17, 15) is 14.0 Å². The zero-order valence-electron chi connectivity index (χ0n) is 20.9. The molecule has 1 aromatic heterocycles. The molecular formula is C30H29FN2O4. The van der Waals surface area contributed by atoms with Gasteiger partial charge in [-0.2, -0.15) is 0 Å². The third kappa shape index (κ3) is 5.27. The third-order valence-electron chi connectivity index (χ3n) is 6.87. The molecule has 37 heavy (non-hydrogen) atoms. The molecule has 0 bridgehead atoms. The van der Waals surface area contributed by atoms with E-state index in [0.717, 1.165) is 5.56 Å². The first-order valence-electron chi connectivity index (χ1n) is 12.4. The molecule has 6 nitrogen and oxygen atoms in total. The van der Waals surface area contributed by atoms with Crippen molar-refractivity contribution in [1.29, 1.82) is 0 Å². The Morgan fingerprint density at radius 1 is 0.946 bits per heavy atom. The van der Waals surface area contributed by atoms with Gasteiger partial charge in [-0.3, -0.25) is 14.5 Å². The highest BCUT2D eigenvalue weighted by Gasteiger charge is 2.32. The fourth-order valence-electron chi connectivity index (χ4n) is 4.84. The summed E-state index contributed by atoms with van der Waals surface area (Å²) in [6, 6.07) is 22.8. The average Bonchev–Trinajstić information content (AvgIpc) is 2.91. The quantitative estimate of drug-likeness (QED) is 0.369. The van der Waals surface area contributed by atoms with Crippen molar-refractivity contribution in [3.05, 3.63) is 100 Å². The standard InChI is InChI=1S/C30H29FN2O4/c1-20-17-33(21(2)16-32(20)18-22-12-14-24(31)15-13-22)27(34)19-36-30-28(35)25-10-6-7-11-26(25)37-29(30)23-8-4-3-5-9-23/h3-15,20-21H,16-19H2,1-2H3. The van der Waals surface area contributed by atoms with Gasteiger partial charge in [0.15, 0.2) is 12.4 Å². The summed E-state index contributed by atoms with van der Waals surface area (Å²) in [5, 5.41) is 0.404. The summed E-state index contributed by atoms with van der Waals surface area (Å²) in [6.07, 6.45) is 0. The topological polar surface area (TPSA) is 63.0 Å². The SMILES string of the molecule is CC1CN(C(=O)COc2c(-c3ccccc3)oc3ccccc3c2=O)C(C)CN1Cc1ccc(F)cc1. The Bertz CT molecular complexity index is 1450. The van der Waals surface area contributed by atoms with Crippen molar-refractivity contribution in [1.82, 2.24) is 9.80 Å². The molecule has 1 aliphatic heterocycles. The number of ether oxygens (including phenoxy) is 1. The highest BCUT2D eigenvalue weighted by Crippen LogP contribution is 2.31. The Kier molecular flexibility index (Phi) is 7.06. The van der Waals surface area contributed by atoms with Crippen LogP contribution in [-0.4, -0.2) is 47.5 Å². The van der Waals surface area contributed by atoms with Crippen LogP contribution in [0.2, 0.25) is 0 Å². The van der Waals surface area contributed by atoms with E-state index in [1.54, 1.807) is 35.2 Å². The van der Waals surface area contributed by atoms with Crippen LogP contribution in [0.5, 0.6) is 5.75 Å². The lowest BCUT2D eigenvalue weighted by atomic mass is 10.1. The van der Waals surface area contributed by atoms with E-state index in [2.05, 4.69) is 11.8 Å². The molecule has 4 aromatic rings. The molecule has 0 saturated carbocycles. The summed E-state index contributed by atoms with van der Waals surface area (Å²) >= 11 is 0. The number of amides is 1. The Hall–Kier alpha value is -3.97. The third-order valence-corrected chi connectivity index (χ3v) is 6.87. The van der Waals surface area contributed by atoms with Crippen LogP contribution in [0.4, 0.5) is 4.39 Å². The number of carbonyl (C=O) groups is 1. The van der Waals surface area contributed by atoms with E-state index >= 15 is 0 Å². The molecule has 1 aliphatic rings. The van der Waals surface area contributed by atoms with Gasteiger partial charge in [-0.05, 0) is 43.7 Å². The molecular weight excluding hydrogens is 471 g/mol. The van der Waals surface area contributed by atoms with Crippen LogP contribution in [0.15, 0.2) is 88.1 Å². The second-order valence-electron chi connectivity index (χ2n) is 9.54. The first-order valence-corrected chi connectivity index (χ1v) is 12.4. The zero-order chi connectivity index (χ0) is 25.9. The number of carbonyl (C=O) groups excluding carboxylic acids is 1. The smallest absolute Gasteiger partial charge is 0.260 e. The van der Waals surface area contributed by atoms with Crippen molar-refractivity contribution in [2.75, 3.05) is 19.7 Å². The van der Waals surface area contributed by atoms with Crippen LogP contribution in [-0.2, 0) is 11.3 Å². The second kappa shape index (κ2) is 10.6. The molecule has 7 heteroatoms. The molecule has 1 saturated heterocycles. The highest BCUT2D eigenvalue weighted by molar-refractivity contribution is 5.83. The van der Waals surface area contributed by atoms with E-state index in [1.807, 2.05) is 43.3 Å². The van der Waals surface area contributed by atoms with E-state index in [-0.39, 0.29) is 41.6 Å². The molecule has 1 fully saturated rings. The van der Waals surface area contributed by atoms with Crippen LogP contribution < -0.4 is 10.2 Å². The predicted octanol–water partition coefficient (Wildman–Crippen LogP) is 5.10. The highest BCUT2D eigenvalue weighted by atomic mass is 19.1. The van der Waals surface area contributed by atoms with Crippen LogP contribution in [0.3, 0.4) is 0 Å². The lowest BCUT2D eigenvalue weighted by molar-refractivity contribution is -0.139. The zero-order valence-corrected chi connectivity index (χ0v) is 20.9. The Morgan fingerprint density at radius 2 is 1.65 bits per heavy atom. The van der Waals surface area contributed by atoms with Gasteiger partial charge in [0, 0.05) is 37.3 Å². The summed E-state index contributed by atoms with van der Waals surface area (Å²) in [6.45, 7) is 5.70. The number of nitrogens with zero attached hydrogens (tertiary/aromatic N) is 2. The minimum Gasteiger partial charge on any atom is -0.476 e. The summed E-state index contributed by atoms with van der Waals surface area (Å²) in [5.41, 5.74) is 1.88. The first kappa shape index (κ1) is 24.7. The number of hydrogen-bond acceptors (Lipinski definition) is 5. The normalized spacial score (nSPS) is 18.2. The Balaban J connectivity index is 1.32. The van der Waals surface area contributed by atoms with Gasteiger partial charge in [-0.25, -0.2) is 4.39 Å². The largest absolute Gasteiger partial charge is 0.476 e. The lowest BCUT2D eigenvalue weighted by Gasteiger charge is -2.44. The van der Waals surface area contributed by atoms with Gasteiger partial charge in [0.2, 0.25) is 11.2 Å². The van der Waals surface area contributed by atoms with Crippen LogP contribution in [0.25, 0.3) is 22.3 Å². The average molecular weight is 501 g/mol. The molecule has 5 rings (SSSR count). The number of fused-ring (bicyclic) bond motifs is 1. The first-order chi connectivity index (χ1) is 17.9. The van der Waals surface area contributed by atoms with Crippen molar-refractivity contribution in [2.45, 2.75) is 32.5 Å². The lowest BCUT2D eigenvalue weighted by Crippen LogP contribution is -2.58. The Labute approximate surface area is 214 Å². The minimum atomic E-state index is -0.306. The van der Waals surface area contributed by atoms with Crippen molar-refractivity contribution in [3.63, 3.8) is 0 Å². The van der Waals surface area contributed by atoms with Crippen molar-refractivity contribution < 1.29 is 18.3 Å². The number of para-hydroxylation sites is 1. The van der Waals surface area contributed by atoms with Crippen molar-refractivity contribution in [2.24, 2.45) is 0 Å². The summed E-state index contributed by atoms with van der Waals surface area (Å²) in [5.74, 6) is -0.0969. The van der Waals surface area contributed by atoms with Crippen LogP contribution in [0.1, 0.15) is 19.4 Å². The van der Waals surface area contributed by atoms with Crippen LogP contribution >= 0.6 is 0 Å². The number of halogens is 1. The molecule has 3 aromatic carbocycles. The maximum absolute atomic E-state index is 13.3. The number of benzene rings is 3. The fourth-order valence-corrected chi connectivity index (χ4v) is 4.84. The minimum absolute atomic E-state index is 0.0360. The predicted molar refractivity (Wildman–Crippen MR) is 141 cm³/mol. The summed E-state index contributed by atoms with van der Waals surface area (Å²) in [4.78, 5) is 30.7. The van der Waals surface area contributed by atoms with Gasteiger partial charge in [-0.15, -0.1) is 0 Å². The van der Waals surface area contributed by atoms with Crippen molar-refractivity contribution >= 4 is 16.9 Å². The monoisotopic (exact) mass is 500 g/mol. The maximum atomic E-state index is 13.3. The molecule has 2 heterocycles. The van der Waals surface area contributed by atoms with Gasteiger partial charge in [0.25, 0.3) is 5.91 Å². The van der Waals surface area contributed by atoms with E-state index in [4.69, 9.17) is 9.15 Å². The van der Waals surface area contributed by atoms with Crippen molar-refractivity contribution in [3.8, 4) is 17.1 Å². The molecule has 2 unspecified atom stereocenters. The Morgan fingerprint density at radius 3 is 2.41 bits per heavy atom. The van der Waals surface area contributed by atoms with E-state index < -0.39 is 0 Å². The number of hydrogen-bond donors (Lipinski definition) is 0. The molecule has 0 aliphatic carbocycles. The van der Waals surface area contributed by atoms with E-state index in [0.29, 0.717) is 41.9 Å². The summed E-state index contributed by atoms with van der Waals surface area (Å²) in [7, 11) is 0. The molecule has 0 spiro atoms. The molecule has 2 atom stereocenters. The number of rotatable bonds is 6. The molecule has 0 radical (unpaired) electrons. The number of piperazine rings is 1. The van der Waals surface area contributed by atoms with Crippen LogP contribution in [0, 0.1) is 5.82 Å². The second-order valence-corrected chi connectivity index (χ2v) is 9.54. The molecule has 1 amide bonds. The maximum Gasteiger partial charge on any atom is 0.260 e. The van der Waals surface area contributed by atoms with Gasteiger partial charge in [-0.1, -0.05) is 54.6 Å².